The number of rotatable bonds is 6. The van der Waals surface area contributed by atoms with Gasteiger partial charge < -0.3 is 5.32 Å². The first-order valence-electron chi connectivity index (χ1n) is 5.33. The predicted molar refractivity (Wildman–Crippen MR) is 73.3 cm³/mol. The molecule has 3 heteroatoms. The molecule has 0 aliphatic carbocycles. The lowest BCUT2D eigenvalue weighted by atomic mass is 10.2. The first kappa shape index (κ1) is 11.6. The Morgan fingerprint density at radius 2 is 1.81 bits per heavy atom. The molecule has 2 heterocycles. The van der Waals surface area contributed by atoms with Crippen LogP contribution in [0.1, 0.15) is 22.2 Å². The monoisotopic (exact) mass is 249 g/mol. The zero-order valence-corrected chi connectivity index (χ0v) is 10.7. The van der Waals surface area contributed by atoms with Crippen molar-refractivity contribution in [1.29, 1.82) is 0 Å². The molecule has 0 spiro atoms. The van der Waals surface area contributed by atoms with E-state index in [4.69, 9.17) is 0 Å². The van der Waals surface area contributed by atoms with E-state index in [9.17, 15) is 0 Å². The van der Waals surface area contributed by atoms with Gasteiger partial charge in [-0.2, -0.15) is 0 Å². The van der Waals surface area contributed by atoms with E-state index in [0.717, 1.165) is 13.0 Å². The molecule has 16 heavy (non-hydrogen) atoms. The van der Waals surface area contributed by atoms with E-state index in [-0.39, 0.29) is 0 Å². The van der Waals surface area contributed by atoms with E-state index in [1.165, 1.54) is 9.75 Å². The SMILES string of the molecule is C=CCCNC(c1cccs1)c1cccs1. The second kappa shape index (κ2) is 5.99. The van der Waals surface area contributed by atoms with Crippen LogP contribution in [0.3, 0.4) is 0 Å². The molecular weight excluding hydrogens is 234 g/mol. The molecule has 84 valence electrons. The number of thiophene rings is 2. The largest absolute Gasteiger partial charge is 0.305 e. The van der Waals surface area contributed by atoms with Crippen LogP contribution < -0.4 is 5.32 Å². The molecular formula is C13H15NS2. The highest BCUT2D eigenvalue weighted by Gasteiger charge is 2.14. The zero-order valence-electron chi connectivity index (χ0n) is 9.06. The van der Waals surface area contributed by atoms with Crippen LogP contribution in [-0.4, -0.2) is 6.54 Å². The third kappa shape index (κ3) is 2.82. The molecule has 0 radical (unpaired) electrons. The summed E-state index contributed by atoms with van der Waals surface area (Å²) in [6.45, 7) is 4.72. The molecule has 0 amide bonds. The van der Waals surface area contributed by atoms with Crippen LogP contribution in [0.25, 0.3) is 0 Å². The standard InChI is InChI=1S/C13H15NS2/c1-2-3-8-14-13(11-6-4-9-15-11)12-7-5-10-16-12/h2,4-7,9-10,13-14H,1,3,8H2. The fraction of sp³-hybridized carbons (Fsp3) is 0.231. The summed E-state index contributed by atoms with van der Waals surface area (Å²) >= 11 is 3.61. The van der Waals surface area contributed by atoms with Crippen molar-refractivity contribution in [2.45, 2.75) is 12.5 Å². The van der Waals surface area contributed by atoms with Gasteiger partial charge in [0, 0.05) is 9.75 Å². The van der Waals surface area contributed by atoms with Crippen LogP contribution in [0.2, 0.25) is 0 Å². The Kier molecular flexibility index (Phi) is 4.34. The Labute approximate surface area is 104 Å². The van der Waals surface area contributed by atoms with E-state index in [2.05, 4.69) is 46.9 Å². The van der Waals surface area contributed by atoms with E-state index in [1.54, 1.807) is 22.7 Å². The summed E-state index contributed by atoms with van der Waals surface area (Å²) in [6.07, 6.45) is 2.96. The summed E-state index contributed by atoms with van der Waals surface area (Å²) in [4.78, 5) is 2.76. The summed E-state index contributed by atoms with van der Waals surface area (Å²) in [7, 11) is 0. The number of nitrogens with one attached hydrogen (secondary N) is 1. The van der Waals surface area contributed by atoms with Gasteiger partial charge in [-0.1, -0.05) is 18.2 Å². The molecule has 0 aromatic carbocycles. The second-order valence-electron chi connectivity index (χ2n) is 3.50. The molecule has 1 N–H and O–H groups in total. The Balaban J connectivity index is 2.11. The molecule has 0 aliphatic heterocycles. The van der Waals surface area contributed by atoms with Gasteiger partial charge in [0.05, 0.1) is 6.04 Å². The highest BCUT2D eigenvalue weighted by molar-refractivity contribution is 7.11. The van der Waals surface area contributed by atoms with Crippen molar-refractivity contribution in [3.8, 4) is 0 Å². The van der Waals surface area contributed by atoms with Crippen LogP contribution >= 0.6 is 22.7 Å². The minimum absolute atomic E-state index is 0.347. The molecule has 0 saturated carbocycles. The third-order valence-corrected chi connectivity index (χ3v) is 4.23. The Hall–Kier alpha value is -0.900. The van der Waals surface area contributed by atoms with Gasteiger partial charge in [-0.3, -0.25) is 0 Å². The van der Waals surface area contributed by atoms with Crippen LogP contribution in [0.4, 0.5) is 0 Å². The lowest BCUT2D eigenvalue weighted by molar-refractivity contribution is 0.627. The molecule has 1 nitrogen and oxygen atoms in total. The maximum atomic E-state index is 3.75. The second-order valence-corrected chi connectivity index (χ2v) is 5.45. The fourth-order valence-corrected chi connectivity index (χ4v) is 3.29. The summed E-state index contributed by atoms with van der Waals surface area (Å²) in [6, 6.07) is 8.94. The molecule has 0 atom stereocenters. The van der Waals surface area contributed by atoms with Gasteiger partial charge in [-0.25, -0.2) is 0 Å². The minimum atomic E-state index is 0.347. The van der Waals surface area contributed by atoms with E-state index < -0.39 is 0 Å². The van der Waals surface area contributed by atoms with E-state index in [0.29, 0.717) is 6.04 Å². The van der Waals surface area contributed by atoms with Gasteiger partial charge in [-0.05, 0) is 35.9 Å². The maximum absolute atomic E-state index is 3.75. The number of hydrogen-bond donors (Lipinski definition) is 1. The summed E-state index contributed by atoms with van der Waals surface area (Å²) in [5.41, 5.74) is 0. The quantitative estimate of drug-likeness (QED) is 0.601. The molecule has 2 aromatic heterocycles. The van der Waals surface area contributed by atoms with Crippen molar-refractivity contribution in [2.24, 2.45) is 0 Å². The smallest absolute Gasteiger partial charge is 0.0764 e. The topological polar surface area (TPSA) is 12.0 Å². The molecule has 0 aliphatic rings. The van der Waals surface area contributed by atoms with Crippen molar-refractivity contribution in [2.75, 3.05) is 6.54 Å². The van der Waals surface area contributed by atoms with Gasteiger partial charge in [0.1, 0.15) is 0 Å². The van der Waals surface area contributed by atoms with Crippen LogP contribution in [0.5, 0.6) is 0 Å². The van der Waals surface area contributed by atoms with Crippen LogP contribution in [-0.2, 0) is 0 Å². The molecule has 0 bridgehead atoms. The Morgan fingerprint density at radius 1 is 1.19 bits per heavy atom. The van der Waals surface area contributed by atoms with Crippen molar-refractivity contribution in [1.82, 2.24) is 5.32 Å². The molecule has 0 fully saturated rings. The Bertz CT molecular complexity index is 369. The lowest BCUT2D eigenvalue weighted by Gasteiger charge is -2.15. The van der Waals surface area contributed by atoms with Crippen LogP contribution in [0, 0.1) is 0 Å². The fourth-order valence-electron chi connectivity index (χ4n) is 1.58. The van der Waals surface area contributed by atoms with E-state index >= 15 is 0 Å². The summed E-state index contributed by atoms with van der Waals surface area (Å²) in [5.74, 6) is 0. The van der Waals surface area contributed by atoms with Crippen molar-refractivity contribution >= 4 is 22.7 Å². The normalized spacial score (nSPS) is 10.8. The van der Waals surface area contributed by atoms with Crippen LogP contribution in [0.15, 0.2) is 47.7 Å². The Morgan fingerprint density at radius 3 is 2.25 bits per heavy atom. The first-order chi connectivity index (χ1) is 7.92. The van der Waals surface area contributed by atoms with Gasteiger partial charge in [-0.15, -0.1) is 29.3 Å². The maximum Gasteiger partial charge on any atom is 0.0764 e. The summed E-state index contributed by atoms with van der Waals surface area (Å²) < 4.78 is 0. The van der Waals surface area contributed by atoms with Crippen molar-refractivity contribution < 1.29 is 0 Å². The highest BCUT2D eigenvalue weighted by Crippen LogP contribution is 2.28. The first-order valence-corrected chi connectivity index (χ1v) is 7.09. The van der Waals surface area contributed by atoms with Gasteiger partial charge in [0.2, 0.25) is 0 Å². The van der Waals surface area contributed by atoms with Gasteiger partial charge >= 0.3 is 0 Å². The molecule has 0 unspecified atom stereocenters. The lowest BCUT2D eigenvalue weighted by Crippen LogP contribution is -2.21. The zero-order chi connectivity index (χ0) is 11.2. The number of hydrogen-bond acceptors (Lipinski definition) is 3. The third-order valence-electron chi connectivity index (χ3n) is 2.35. The van der Waals surface area contributed by atoms with Gasteiger partial charge in [0.15, 0.2) is 0 Å². The van der Waals surface area contributed by atoms with E-state index in [1.807, 2.05) is 6.08 Å². The molecule has 2 rings (SSSR count). The highest BCUT2D eigenvalue weighted by atomic mass is 32.1. The van der Waals surface area contributed by atoms with Gasteiger partial charge in [0.25, 0.3) is 0 Å². The van der Waals surface area contributed by atoms with Crippen molar-refractivity contribution in [3.05, 3.63) is 57.4 Å². The minimum Gasteiger partial charge on any atom is -0.305 e. The molecule has 0 saturated heterocycles. The average molecular weight is 249 g/mol. The summed E-state index contributed by atoms with van der Waals surface area (Å²) in [5, 5.41) is 7.84. The molecule has 2 aromatic rings. The predicted octanol–water partition coefficient (Wildman–Crippen LogP) is 4.06. The van der Waals surface area contributed by atoms with Crippen molar-refractivity contribution in [3.63, 3.8) is 0 Å². The average Bonchev–Trinajstić information content (AvgIpc) is 2.97.